The molecule has 1 aliphatic rings. The maximum atomic E-state index is 11.3. The zero-order valence-electron chi connectivity index (χ0n) is 14.4. The SMILES string of the molecule is CC#CC(=O)NCCCN1CCN(c2cccc(C)c2)CC1C. The van der Waals surface area contributed by atoms with Crippen LogP contribution in [0, 0.1) is 18.8 Å². The van der Waals surface area contributed by atoms with Crippen molar-refractivity contribution in [3.8, 4) is 11.8 Å². The number of nitrogens with one attached hydrogen (secondary N) is 1. The van der Waals surface area contributed by atoms with Crippen LogP contribution in [-0.2, 0) is 4.79 Å². The molecule has 2 rings (SSSR count). The van der Waals surface area contributed by atoms with Gasteiger partial charge >= 0.3 is 0 Å². The molecule has 124 valence electrons. The van der Waals surface area contributed by atoms with Crippen LogP contribution in [0.4, 0.5) is 5.69 Å². The number of aryl methyl sites for hydroxylation is 1. The number of carbonyl (C=O) groups excluding carboxylic acids is 1. The van der Waals surface area contributed by atoms with Crippen molar-refractivity contribution in [2.24, 2.45) is 0 Å². The monoisotopic (exact) mass is 313 g/mol. The van der Waals surface area contributed by atoms with Crippen LogP contribution in [-0.4, -0.2) is 49.6 Å². The molecule has 0 aromatic heterocycles. The minimum atomic E-state index is -0.176. The topological polar surface area (TPSA) is 35.6 Å². The van der Waals surface area contributed by atoms with Gasteiger partial charge in [0.05, 0.1) is 0 Å². The second-order valence-corrected chi connectivity index (χ2v) is 6.15. The van der Waals surface area contributed by atoms with Crippen LogP contribution in [0.5, 0.6) is 0 Å². The number of amides is 1. The minimum Gasteiger partial charge on any atom is -0.369 e. The summed E-state index contributed by atoms with van der Waals surface area (Å²) in [6.45, 7) is 11.0. The van der Waals surface area contributed by atoms with Gasteiger partial charge in [-0.25, -0.2) is 0 Å². The molecular weight excluding hydrogens is 286 g/mol. The molecule has 1 fully saturated rings. The number of hydrogen-bond acceptors (Lipinski definition) is 3. The molecule has 1 unspecified atom stereocenters. The lowest BCUT2D eigenvalue weighted by Gasteiger charge is -2.41. The van der Waals surface area contributed by atoms with E-state index in [0.29, 0.717) is 12.6 Å². The molecule has 4 heteroatoms. The Bertz CT molecular complexity index is 588. The second-order valence-electron chi connectivity index (χ2n) is 6.15. The van der Waals surface area contributed by atoms with Crippen molar-refractivity contribution >= 4 is 11.6 Å². The number of benzene rings is 1. The Labute approximate surface area is 139 Å². The standard InChI is InChI=1S/C19H27N3O/c1-4-7-19(23)20-10-6-11-21-12-13-22(15-17(21)3)18-9-5-8-16(2)14-18/h5,8-9,14,17H,6,10-13,15H2,1-3H3,(H,20,23). The van der Waals surface area contributed by atoms with E-state index in [4.69, 9.17) is 0 Å². The summed E-state index contributed by atoms with van der Waals surface area (Å²) in [6, 6.07) is 9.24. The number of carbonyl (C=O) groups is 1. The Morgan fingerprint density at radius 2 is 2.22 bits per heavy atom. The molecule has 1 atom stereocenters. The van der Waals surface area contributed by atoms with Crippen molar-refractivity contribution in [1.82, 2.24) is 10.2 Å². The van der Waals surface area contributed by atoms with Gasteiger partial charge in [0.15, 0.2) is 0 Å². The molecule has 23 heavy (non-hydrogen) atoms. The zero-order valence-corrected chi connectivity index (χ0v) is 14.4. The Morgan fingerprint density at radius 1 is 1.39 bits per heavy atom. The van der Waals surface area contributed by atoms with E-state index in [1.807, 2.05) is 0 Å². The van der Waals surface area contributed by atoms with Crippen LogP contribution in [0.2, 0.25) is 0 Å². The van der Waals surface area contributed by atoms with Crippen molar-refractivity contribution in [3.63, 3.8) is 0 Å². The molecule has 1 aromatic carbocycles. The van der Waals surface area contributed by atoms with Crippen LogP contribution < -0.4 is 10.2 Å². The van der Waals surface area contributed by atoms with Gasteiger partial charge in [-0.15, -0.1) is 0 Å². The maximum absolute atomic E-state index is 11.3. The highest BCUT2D eigenvalue weighted by molar-refractivity contribution is 5.93. The number of hydrogen-bond donors (Lipinski definition) is 1. The van der Waals surface area contributed by atoms with Crippen LogP contribution >= 0.6 is 0 Å². The average Bonchev–Trinajstić information content (AvgIpc) is 2.53. The lowest BCUT2D eigenvalue weighted by molar-refractivity contribution is -0.115. The lowest BCUT2D eigenvalue weighted by atomic mass is 10.1. The quantitative estimate of drug-likeness (QED) is 0.667. The fourth-order valence-corrected chi connectivity index (χ4v) is 3.03. The molecule has 0 saturated carbocycles. The fraction of sp³-hybridized carbons (Fsp3) is 0.526. The van der Waals surface area contributed by atoms with E-state index in [2.05, 4.69) is 65.1 Å². The fourth-order valence-electron chi connectivity index (χ4n) is 3.03. The number of rotatable bonds is 5. The van der Waals surface area contributed by atoms with Crippen molar-refractivity contribution in [1.29, 1.82) is 0 Å². The van der Waals surface area contributed by atoms with Crippen molar-refractivity contribution in [3.05, 3.63) is 29.8 Å². The van der Waals surface area contributed by atoms with Crippen LogP contribution in [0.3, 0.4) is 0 Å². The zero-order chi connectivity index (χ0) is 16.7. The molecule has 0 aliphatic carbocycles. The summed E-state index contributed by atoms with van der Waals surface area (Å²) < 4.78 is 0. The first-order chi connectivity index (χ1) is 11.1. The normalized spacial score (nSPS) is 18.2. The van der Waals surface area contributed by atoms with Gasteiger partial charge in [-0.1, -0.05) is 18.1 Å². The second kappa shape index (κ2) is 8.59. The molecule has 0 spiro atoms. The van der Waals surface area contributed by atoms with E-state index in [1.165, 1.54) is 11.3 Å². The summed E-state index contributed by atoms with van der Waals surface area (Å²) >= 11 is 0. The highest BCUT2D eigenvalue weighted by Crippen LogP contribution is 2.20. The molecule has 1 N–H and O–H groups in total. The molecule has 1 heterocycles. The smallest absolute Gasteiger partial charge is 0.295 e. The van der Waals surface area contributed by atoms with Gasteiger partial charge in [0, 0.05) is 44.5 Å². The molecule has 4 nitrogen and oxygen atoms in total. The van der Waals surface area contributed by atoms with Gasteiger partial charge in [0.1, 0.15) is 0 Å². The van der Waals surface area contributed by atoms with E-state index in [-0.39, 0.29) is 5.91 Å². The molecule has 0 radical (unpaired) electrons. The van der Waals surface area contributed by atoms with Gasteiger partial charge in [-0.3, -0.25) is 9.69 Å². The highest BCUT2D eigenvalue weighted by atomic mass is 16.1. The van der Waals surface area contributed by atoms with Crippen molar-refractivity contribution in [2.75, 3.05) is 37.6 Å². The summed E-state index contributed by atoms with van der Waals surface area (Å²) in [6.07, 6.45) is 0.964. The molecule has 1 aromatic rings. The highest BCUT2D eigenvalue weighted by Gasteiger charge is 2.23. The summed E-state index contributed by atoms with van der Waals surface area (Å²) in [4.78, 5) is 16.2. The number of anilines is 1. The van der Waals surface area contributed by atoms with Gasteiger partial charge in [-0.05, 0) is 50.8 Å². The minimum absolute atomic E-state index is 0.176. The molecule has 1 saturated heterocycles. The third kappa shape index (κ3) is 5.30. The molecule has 1 amide bonds. The Kier molecular flexibility index (Phi) is 6.49. The van der Waals surface area contributed by atoms with Crippen LogP contribution in [0.15, 0.2) is 24.3 Å². The van der Waals surface area contributed by atoms with E-state index in [0.717, 1.165) is 32.6 Å². The summed E-state index contributed by atoms with van der Waals surface area (Å²) in [7, 11) is 0. The maximum Gasteiger partial charge on any atom is 0.295 e. The van der Waals surface area contributed by atoms with Crippen molar-refractivity contribution < 1.29 is 4.79 Å². The summed E-state index contributed by atoms with van der Waals surface area (Å²) in [5.74, 6) is 4.94. The van der Waals surface area contributed by atoms with Gasteiger partial charge in [0.25, 0.3) is 5.91 Å². The predicted molar refractivity (Wildman–Crippen MR) is 95.5 cm³/mol. The van der Waals surface area contributed by atoms with Crippen LogP contribution in [0.1, 0.15) is 25.8 Å². The third-order valence-electron chi connectivity index (χ3n) is 4.28. The number of nitrogens with zero attached hydrogens (tertiary/aromatic N) is 2. The van der Waals surface area contributed by atoms with E-state index < -0.39 is 0 Å². The summed E-state index contributed by atoms with van der Waals surface area (Å²) in [5, 5.41) is 2.83. The number of piperazine rings is 1. The van der Waals surface area contributed by atoms with E-state index in [1.54, 1.807) is 6.92 Å². The molecular formula is C19H27N3O. The molecule has 1 aliphatic heterocycles. The lowest BCUT2D eigenvalue weighted by Crippen LogP contribution is -2.52. The van der Waals surface area contributed by atoms with Gasteiger partial charge in [-0.2, -0.15) is 0 Å². The van der Waals surface area contributed by atoms with Crippen LogP contribution in [0.25, 0.3) is 0 Å². The summed E-state index contributed by atoms with van der Waals surface area (Å²) in [5.41, 5.74) is 2.63. The van der Waals surface area contributed by atoms with Crippen molar-refractivity contribution in [2.45, 2.75) is 33.2 Å². The third-order valence-corrected chi connectivity index (χ3v) is 4.28. The van der Waals surface area contributed by atoms with Gasteiger partial charge in [0.2, 0.25) is 0 Å². The first kappa shape index (κ1) is 17.4. The molecule has 0 bridgehead atoms. The van der Waals surface area contributed by atoms with Gasteiger partial charge < -0.3 is 10.2 Å². The average molecular weight is 313 g/mol. The predicted octanol–water partition coefficient (Wildman–Crippen LogP) is 2.04. The van der Waals surface area contributed by atoms with E-state index >= 15 is 0 Å². The first-order valence-corrected chi connectivity index (χ1v) is 8.36. The first-order valence-electron chi connectivity index (χ1n) is 8.36. The Hall–Kier alpha value is -1.99. The Balaban J connectivity index is 1.75. The van der Waals surface area contributed by atoms with E-state index in [9.17, 15) is 4.79 Å². The Morgan fingerprint density at radius 3 is 2.91 bits per heavy atom. The largest absolute Gasteiger partial charge is 0.369 e.